The van der Waals surface area contributed by atoms with E-state index in [4.69, 9.17) is 52.8 Å². The second kappa shape index (κ2) is 23.1. The molecule has 2 amide bonds. The number of nitrogens with one attached hydrogen (secondary N) is 2. The van der Waals surface area contributed by atoms with Crippen molar-refractivity contribution in [1.82, 2.24) is 10.6 Å². The Bertz CT molecular complexity index is 1170. The summed E-state index contributed by atoms with van der Waals surface area (Å²) in [7, 11) is 0. The van der Waals surface area contributed by atoms with Crippen molar-refractivity contribution in [3.63, 3.8) is 0 Å². The monoisotopic (exact) mass is 752 g/mol. The number of carboxylic acids is 3. The normalized spacial score (nSPS) is 11.4. The Morgan fingerprint density at radius 3 is 1.74 bits per heavy atom. The Morgan fingerprint density at radius 1 is 0.767 bits per heavy atom. The summed E-state index contributed by atoms with van der Waals surface area (Å²) in [6.45, 7) is 0. The maximum absolute atomic E-state index is 12.3. The number of carbonyl (C=O) groups is 5. The number of esters is 1. The van der Waals surface area contributed by atoms with Crippen molar-refractivity contribution in [3.05, 3.63) is 65.2 Å². The SMILES string of the molecule is O=C(O)CC[C@H](NC(=O)N[C@@H](Cc1ccc(OC(=O)c2ccc(C[S-])cc2)cc1)C(=O)O)C(=O)O.[S-]CCSCC[S-].[Tc]. The number of ether oxygens (including phenoxy) is 1. The number of rotatable bonds is 16. The van der Waals surface area contributed by atoms with Gasteiger partial charge in [-0.2, -0.15) is 29.0 Å². The van der Waals surface area contributed by atoms with E-state index in [0.717, 1.165) is 28.6 Å². The zero-order chi connectivity index (χ0) is 31.5. The van der Waals surface area contributed by atoms with Crippen molar-refractivity contribution in [3.8, 4) is 5.75 Å². The van der Waals surface area contributed by atoms with Crippen molar-refractivity contribution < 1.29 is 64.1 Å². The summed E-state index contributed by atoms with van der Waals surface area (Å²) < 4.78 is 5.29. The third kappa shape index (κ3) is 17.5. The molecule has 16 heteroatoms. The maximum Gasteiger partial charge on any atom is 0.343 e. The Balaban J connectivity index is 0.00000196. The molecule has 2 aromatic rings. The standard InChI is InChI=1S/C23H24N2O9S.C4H10S3.Tc/c26-19(27)10-9-17(20(28)29)24-23(33)25-18(21(30)31)11-13-3-7-16(8-4-13)34-22(32)15-5-1-14(12-35)2-6-15;5-1-3-7-4-2-6;/h1-8,17-18,35H,9-12H2,(H,26,27)(H,28,29)(H,30,31)(H2,24,25,33);5-6H,1-4H2;/p-3/t17-,18-;;/m0../s1. The van der Waals surface area contributed by atoms with E-state index >= 15 is 0 Å². The van der Waals surface area contributed by atoms with Gasteiger partial charge in [0.15, 0.2) is 0 Å². The largest absolute Gasteiger partial charge is 0.792 e. The van der Waals surface area contributed by atoms with Crippen LogP contribution in [0.3, 0.4) is 0 Å². The van der Waals surface area contributed by atoms with Crippen LogP contribution in [-0.4, -0.2) is 80.3 Å². The van der Waals surface area contributed by atoms with Gasteiger partial charge in [-0.05, 0) is 47.8 Å². The zero-order valence-electron chi connectivity index (χ0n) is 22.7. The third-order valence-corrected chi connectivity index (χ3v) is 7.48. The summed E-state index contributed by atoms with van der Waals surface area (Å²) in [6, 6.07) is 8.67. The Hall–Kier alpha value is -2.36. The van der Waals surface area contributed by atoms with Crippen LogP contribution in [0, 0.1) is 0 Å². The predicted octanol–water partition coefficient (Wildman–Crippen LogP) is 2.38. The average molecular weight is 754 g/mol. The molecule has 0 aliphatic heterocycles. The molecule has 43 heavy (non-hydrogen) atoms. The number of thioether (sulfide) groups is 1. The van der Waals surface area contributed by atoms with Crippen molar-refractivity contribution >= 4 is 79.6 Å². The first kappa shape index (κ1) is 40.6. The number of carbonyl (C=O) groups excluding carboxylic acids is 2. The molecule has 0 spiro atoms. The minimum Gasteiger partial charge on any atom is -0.792 e. The number of aliphatic carboxylic acids is 3. The fourth-order valence-corrected chi connectivity index (χ4v) is 4.48. The van der Waals surface area contributed by atoms with E-state index < -0.39 is 48.4 Å². The molecule has 5 N–H and O–H groups in total. The zero-order valence-corrected chi connectivity index (χ0v) is 27.9. The number of hydrogen-bond acceptors (Lipinski definition) is 10. The van der Waals surface area contributed by atoms with Crippen LogP contribution in [0.4, 0.5) is 4.79 Å². The van der Waals surface area contributed by atoms with Gasteiger partial charge in [0.1, 0.15) is 17.8 Å². The van der Waals surface area contributed by atoms with Crippen LogP contribution in [0.1, 0.15) is 34.3 Å². The van der Waals surface area contributed by atoms with Crippen LogP contribution in [0.2, 0.25) is 0 Å². The van der Waals surface area contributed by atoms with Gasteiger partial charge in [-0.1, -0.05) is 29.8 Å². The summed E-state index contributed by atoms with van der Waals surface area (Å²) in [5, 5.41) is 31.4. The second-order valence-electron chi connectivity index (χ2n) is 8.43. The quantitative estimate of drug-likeness (QED) is 0.0731. The van der Waals surface area contributed by atoms with Gasteiger partial charge in [0.05, 0.1) is 5.56 Å². The summed E-state index contributed by atoms with van der Waals surface area (Å²) in [5.41, 5.74) is 1.73. The predicted molar refractivity (Wildman–Crippen MR) is 166 cm³/mol. The van der Waals surface area contributed by atoms with Gasteiger partial charge in [-0.15, -0.1) is 0 Å². The van der Waals surface area contributed by atoms with E-state index in [0.29, 0.717) is 16.9 Å². The number of carboxylic acid groups (broad SMARTS) is 3. The smallest absolute Gasteiger partial charge is 0.343 e. The fourth-order valence-electron chi connectivity index (χ4n) is 3.14. The Morgan fingerprint density at radius 2 is 1.28 bits per heavy atom. The molecule has 0 saturated heterocycles. The number of amides is 2. The van der Waals surface area contributed by atoms with Crippen LogP contribution in [0.25, 0.3) is 0 Å². The van der Waals surface area contributed by atoms with Gasteiger partial charge in [-0.25, -0.2) is 19.2 Å². The first-order valence-corrected chi connectivity index (χ1v) is 15.4. The van der Waals surface area contributed by atoms with Crippen molar-refractivity contribution in [2.75, 3.05) is 23.0 Å². The van der Waals surface area contributed by atoms with Crippen LogP contribution >= 0.6 is 11.8 Å². The first-order valence-electron chi connectivity index (χ1n) is 12.5. The molecule has 0 aliphatic rings. The molecule has 2 aromatic carbocycles. The van der Waals surface area contributed by atoms with E-state index in [1.807, 2.05) is 11.8 Å². The van der Waals surface area contributed by atoms with Gasteiger partial charge in [-0.3, -0.25) is 4.79 Å². The van der Waals surface area contributed by atoms with E-state index in [2.05, 4.69) is 10.6 Å². The van der Waals surface area contributed by atoms with E-state index in [-0.39, 0.29) is 38.7 Å². The van der Waals surface area contributed by atoms with Crippen LogP contribution in [0.15, 0.2) is 48.5 Å². The summed E-state index contributed by atoms with van der Waals surface area (Å²) in [5.74, 6) is -0.0719. The van der Waals surface area contributed by atoms with Gasteiger partial charge in [0, 0.05) is 32.9 Å². The molecule has 0 heterocycles. The molecule has 237 valence electrons. The van der Waals surface area contributed by atoms with Gasteiger partial charge >= 0.3 is 29.9 Å². The van der Waals surface area contributed by atoms with Crippen molar-refractivity contribution in [2.45, 2.75) is 37.1 Å². The summed E-state index contributed by atoms with van der Waals surface area (Å²) >= 11 is 16.2. The number of benzene rings is 2. The minimum atomic E-state index is -1.50. The molecule has 0 aromatic heterocycles. The molecule has 0 bridgehead atoms. The van der Waals surface area contributed by atoms with Crippen LogP contribution in [0.5, 0.6) is 5.75 Å². The van der Waals surface area contributed by atoms with E-state index in [1.165, 1.54) is 24.3 Å². The van der Waals surface area contributed by atoms with Crippen LogP contribution in [-0.2, 0) is 84.5 Å². The molecule has 0 saturated carbocycles. The van der Waals surface area contributed by atoms with Gasteiger partial charge in [0.25, 0.3) is 0 Å². The Kier molecular flexibility index (Phi) is 21.8. The molecular formula is C27H31N2O9S4Tc-3. The number of urea groups is 1. The molecular weight excluding hydrogens is 723 g/mol. The molecule has 2 atom stereocenters. The van der Waals surface area contributed by atoms with Crippen molar-refractivity contribution in [1.29, 1.82) is 0 Å². The molecule has 11 nitrogen and oxygen atoms in total. The first-order chi connectivity index (χ1) is 20.0. The maximum atomic E-state index is 12.3. The Labute approximate surface area is 283 Å². The second-order valence-corrected chi connectivity index (χ2v) is 10.8. The molecule has 0 unspecified atom stereocenters. The van der Waals surface area contributed by atoms with E-state index in [1.54, 1.807) is 24.3 Å². The van der Waals surface area contributed by atoms with E-state index in [9.17, 15) is 29.1 Å². The topological polar surface area (TPSA) is 179 Å². The molecule has 0 fully saturated rings. The average Bonchev–Trinajstić information content (AvgIpc) is 2.96. The molecule has 2 rings (SSSR count). The van der Waals surface area contributed by atoms with Gasteiger partial charge in [0.2, 0.25) is 0 Å². The fraction of sp³-hybridized carbons (Fsp3) is 0.370. The summed E-state index contributed by atoms with van der Waals surface area (Å²) in [6.07, 6.45) is -1.00. The minimum absolute atomic E-state index is 0. The van der Waals surface area contributed by atoms with Gasteiger partial charge < -0.3 is 68.6 Å². The molecule has 1 radical (unpaired) electrons. The van der Waals surface area contributed by atoms with Crippen LogP contribution < -0.4 is 15.4 Å². The summed E-state index contributed by atoms with van der Waals surface area (Å²) in [4.78, 5) is 57.8. The number of hydrogen-bond donors (Lipinski definition) is 5. The van der Waals surface area contributed by atoms with Crippen molar-refractivity contribution in [2.24, 2.45) is 0 Å². The molecule has 0 aliphatic carbocycles. The third-order valence-electron chi connectivity index (χ3n) is 5.24.